The lowest BCUT2D eigenvalue weighted by molar-refractivity contribution is -0.123. The highest BCUT2D eigenvalue weighted by atomic mass is 16.2. The van der Waals surface area contributed by atoms with Crippen LogP contribution in [0.3, 0.4) is 0 Å². The van der Waals surface area contributed by atoms with E-state index in [0.717, 1.165) is 0 Å². The lowest BCUT2D eigenvalue weighted by atomic mass is 10.2. The average molecular weight is 223 g/mol. The minimum absolute atomic E-state index is 0.0766. The van der Waals surface area contributed by atoms with E-state index in [-0.39, 0.29) is 18.4 Å². The molecule has 0 aromatic carbocycles. The van der Waals surface area contributed by atoms with Gasteiger partial charge in [-0.25, -0.2) is 0 Å². The normalized spacial score (nSPS) is 16.1. The molecule has 1 aliphatic heterocycles. The van der Waals surface area contributed by atoms with Crippen molar-refractivity contribution in [2.75, 3.05) is 25.4 Å². The van der Waals surface area contributed by atoms with Crippen molar-refractivity contribution in [1.82, 2.24) is 20.0 Å². The molecule has 0 unspecified atom stereocenters. The van der Waals surface area contributed by atoms with Crippen molar-refractivity contribution in [1.29, 1.82) is 0 Å². The second kappa shape index (κ2) is 3.84. The van der Waals surface area contributed by atoms with Gasteiger partial charge < -0.3 is 16.0 Å². The monoisotopic (exact) mass is 223 g/mol. The Kier molecular flexibility index (Phi) is 2.51. The van der Waals surface area contributed by atoms with Crippen LogP contribution in [0.1, 0.15) is 10.4 Å². The molecule has 86 valence electrons. The highest BCUT2D eigenvalue weighted by molar-refractivity contribution is 6.00. The number of aryl methyl sites for hydroxylation is 1. The van der Waals surface area contributed by atoms with E-state index in [1.807, 2.05) is 0 Å². The van der Waals surface area contributed by atoms with Gasteiger partial charge >= 0.3 is 0 Å². The Hall–Kier alpha value is -2.05. The predicted molar refractivity (Wildman–Crippen MR) is 56.5 cm³/mol. The molecule has 0 radical (unpaired) electrons. The number of aromatic nitrogens is 2. The number of nitrogen functional groups attached to an aromatic ring is 1. The van der Waals surface area contributed by atoms with Crippen LogP contribution >= 0.6 is 0 Å². The molecule has 2 amide bonds. The molecular formula is C9H13N5O2. The van der Waals surface area contributed by atoms with Crippen molar-refractivity contribution in [3.8, 4) is 0 Å². The molecule has 1 aliphatic rings. The molecule has 0 aliphatic carbocycles. The molecule has 2 rings (SSSR count). The molecule has 0 bridgehead atoms. The van der Waals surface area contributed by atoms with Gasteiger partial charge in [-0.3, -0.25) is 14.3 Å². The molecule has 2 heterocycles. The number of hydrogen-bond acceptors (Lipinski definition) is 4. The number of anilines is 1. The van der Waals surface area contributed by atoms with E-state index in [1.54, 1.807) is 7.05 Å². The summed E-state index contributed by atoms with van der Waals surface area (Å²) in [6.45, 7) is 1.05. The minimum atomic E-state index is -0.250. The number of nitrogens with zero attached hydrogens (tertiary/aromatic N) is 3. The van der Waals surface area contributed by atoms with Gasteiger partial charge in [-0.2, -0.15) is 5.10 Å². The van der Waals surface area contributed by atoms with Crippen molar-refractivity contribution in [3.05, 3.63) is 11.8 Å². The van der Waals surface area contributed by atoms with Gasteiger partial charge in [-0.15, -0.1) is 0 Å². The van der Waals surface area contributed by atoms with Crippen LogP contribution in [0.15, 0.2) is 6.20 Å². The van der Waals surface area contributed by atoms with Gasteiger partial charge in [0.2, 0.25) is 5.91 Å². The fourth-order valence-corrected chi connectivity index (χ4v) is 1.59. The molecule has 0 saturated carbocycles. The summed E-state index contributed by atoms with van der Waals surface area (Å²) < 4.78 is 1.43. The summed E-state index contributed by atoms with van der Waals surface area (Å²) in [6, 6.07) is 0. The molecular weight excluding hydrogens is 210 g/mol. The summed E-state index contributed by atoms with van der Waals surface area (Å²) in [7, 11) is 1.66. The van der Waals surface area contributed by atoms with Gasteiger partial charge in [-0.1, -0.05) is 0 Å². The summed E-state index contributed by atoms with van der Waals surface area (Å²) in [4.78, 5) is 24.6. The first-order valence-electron chi connectivity index (χ1n) is 4.93. The molecule has 7 heteroatoms. The van der Waals surface area contributed by atoms with Crippen LogP contribution in [0.25, 0.3) is 0 Å². The zero-order chi connectivity index (χ0) is 11.7. The second-order valence-electron chi connectivity index (χ2n) is 3.64. The SMILES string of the molecule is Cn1ncc(C(=O)N2CCNC(=O)C2)c1N. The Labute approximate surface area is 92.2 Å². The lowest BCUT2D eigenvalue weighted by Gasteiger charge is -2.26. The zero-order valence-electron chi connectivity index (χ0n) is 8.93. The molecule has 1 aromatic rings. The van der Waals surface area contributed by atoms with Crippen molar-refractivity contribution in [2.24, 2.45) is 7.05 Å². The molecule has 7 nitrogen and oxygen atoms in total. The van der Waals surface area contributed by atoms with E-state index in [4.69, 9.17) is 5.73 Å². The van der Waals surface area contributed by atoms with Crippen molar-refractivity contribution >= 4 is 17.6 Å². The molecule has 1 fully saturated rings. The maximum atomic E-state index is 12.0. The average Bonchev–Trinajstić information content (AvgIpc) is 2.59. The lowest BCUT2D eigenvalue weighted by Crippen LogP contribution is -2.50. The van der Waals surface area contributed by atoms with Crippen LogP contribution < -0.4 is 11.1 Å². The summed E-state index contributed by atoms with van der Waals surface area (Å²) in [5.41, 5.74) is 6.04. The summed E-state index contributed by atoms with van der Waals surface area (Å²) in [5.74, 6) is -0.0847. The topological polar surface area (TPSA) is 93.2 Å². The molecule has 1 aromatic heterocycles. The van der Waals surface area contributed by atoms with E-state index >= 15 is 0 Å². The number of nitrogens with one attached hydrogen (secondary N) is 1. The highest BCUT2D eigenvalue weighted by Gasteiger charge is 2.24. The number of piperazine rings is 1. The number of carbonyl (C=O) groups excluding carboxylic acids is 2. The van der Waals surface area contributed by atoms with E-state index in [9.17, 15) is 9.59 Å². The number of rotatable bonds is 1. The Bertz CT molecular complexity index is 439. The van der Waals surface area contributed by atoms with Crippen LogP contribution in [-0.4, -0.2) is 46.1 Å². The first-order chi connectivity index (χ1) is 7.59. The largest absolute Gasteiger partial charge is 0.383 e. The maximum Gasteiger partial charge on any atom is 0.259 e. The fraction of sp³-hybridized carbons (Fsp3) is 0.444. The van der Waals surface area contributed by atoms with E-state index < -0.39 is 0 Å². The third kappa shape index (κ3) is 1.71. The van der Waals surface area contributed by atoms with Crippen LogP contribution in [0, 0.1) is 0 Å². The maximum absolute atomic E-state index is 12.0. The van der Waals surface area contributed by atoms with E-state index in [2.05, 4.69) is 10.4 Å². The van der Waals surface area contributed by atoms with Crippen LogP contribution in [0.2, 0.25) is 0 Å². The van der Waals surface area contributed by atoms with Gasteiger partial charge in [0.1, 0.15) is 11.4 Å². The van der Waals surface area contributed by atoms with Crippen molar-refractivity contribution < 1.29 is 9.59 Å². The van der Waals surface area contributed by atoms with E-state index in [0.29, 0.717) is 24.5 Å². The molecule has 1 saturated heterocycles. The Morgan fingerprint density at radius 2 is 2.38 bits per heavy atom. The smallest absolute Gasteiger partial charge is 0.259 e. The molecule has 0 atom stereocenters. The zero-order valence-corrected chi connectivity index (χ0v) is 8.93. The van der Waals surface area contributed by atoms with E-state index in [1.165, 1.54) is 15.8 Å². The Morgan fingerprint density at radius 3 is 2.94 bits per heavy atom. The molecule has 0 spiro atoms. The predicted octanol–water partition coefficient (Wildman–Crippen LogP) is -1.43. The summed E-state index contributed by atoms with van der Waals surface area (Å²) in [6.07, 6.45) is 1.42. The van der Waals surface area contributed by atoms with Gasteiger partial charge in [0.15, 0.2) is 0 Å². The highest BCUT2D eigenvalue weighted by Crippen LogP contribution is 2.12. The van der Waals surface area contributed by atoms with Gasteiger partial charge in [-0.05, 0) is 0 Å². The van der Waals surface area contributed by atoms with Crippen LogP contribution in [-0.2, 0) is 11.8 Å². The van der Waals surface area contributed by atoms with Gasteiger partial charge in [0.05, 0.1) is 12.7 Å². The Balaban J connectivity index is 2.18. The Morgan fingerprint density at radius 1 is 1.62 bits per heavy atom. The standard InChI is InChI=1S/C9H13N5O2/c1-13-8(10)6(4-12-13)9(16)14-3-2-11-7(15)5-14/h4H,2-3,5,10H2,1H3,(H,11,15). The molecule has 16 heavy (non-hydrogen) atoms. The van der Waals surface area contributed by atoms with Crippen LogP contribution in [0.5, 0.6) is 0 Å². The second-order valence-corrected chi connectivity index (χ2v) is 3.64. The summed E-state index contributed by atoms with van der Waals surface area (Å²) in [5, 5.41) is 6.55. The van der Waals surface area contributed by atoms with Crippen molar-refractivity contribution in [3.63, 3.8) is 0 Å². The van der Waals surface area contributed by atoms with Crippen molar-refractivity contribution in [2.45, 2.75) is 0 Å². The number of hydrogen-bond donors (Lipinski definition) is 2. The molecule has 3 N–H and O–H groups in total. The third-order valence-corrected chi connectivity index (χ3v) is 2.54. The number of amides is 2. The van der Waals surface area contributed by atoms with Gasteiger partial charge in [0, 0.05) is 20.1 Å². The quantitative estimate of drug-likeness (QED) is 0.610. The summed E-state index contributed by atoms with van der Waals surface area (Å²) >= 11 is 0. The first-order valence-corrected chi connectivity index (χ1v) is 4.93. The van der Waals surface area contributed by atoms with Crippen LogP contribution in [0.4, 0.5) is 5.82 Å². The fourth-order valence-electron chi connectivity index (χ4n) is 1.59. The first kappa shape index (κ1) is 10.5. The number of nitrogens with two attached hydrogens (primary N) is 1. The minimum Gasteiger partial charge on any atom is -0.383 e. The van der Waals surface area contributed by atoms with Gasteiger partial charge in [0.25, 0.3) is 5.91 Å². The number of carbonyl (C=O) groups is 2. The third-order valence-electron chi connectivity index (χ3n) is 2.54.